The molecule has 1 saturated carbocycles. The Balaban J connectivity index is 1.91. The largest absolute Gasteiger partial charge is 0.484 e. The van der Waals surface area contributed by atoms with Crippen molar-refractivity contribution in [1.29, 1.82) is 0 Å². The molecule has 4 heteroatoms. The second-order valence-electron chi connectivity index (χ2n) is 5.56. The summed E-state index contributed by atoms with van der Waals surface area (Å²) in [4.78, 5) is 10.7. The normalized spacial score (nSPS) is 22.2. The Kier molecular flexibility index (Phi) is 5.27. The zero-order chi connectivity index (χ0) is 14.4. The summed E-state index contributed by atoms with van der Waals surface area (Å²) in [5, 5.41) is 3.58. The van der Waals surface area contributed by atoms with Crippen molar-refractivity contribution in [1.82, 2.24) is 0 Å². The van der Waals surface area contributed by atoms with Crippen LogP contribution < -0.4 is 15.8 Å². The molecular formula is C16H24N2O2. The van der Waals surface area contributed by atoms with Gasteiger partial charge in [0, 0.05) is 17.8 Å². The summed E-state index contributed by atoms with van der Waals surface area (Å²) in [6.45, 7) is 2.19. The van der Waals surface area contributed by atoms with Gasteiger partial charge in [-0.25, -0.2) is 0 Å². The third-order valence-corrected chi connectivity index (χ3v) is 3.95. The molecule has 1 fully saturated rings. The van der Waals surface area contributed by atoms with Gasteiger partial charge in [0.1, 0.15) is 5.75 Å². The van der Waals surface area contributed by atoms with Gasteiger partial charge in [0.25, 0.3) is 5.91 Å². The first-order valence-electron chi connectivity index (χ1n) is 7.45. The first-order valence-corrected chi connectivity index (χ1v) is 7.45. The van der Waals surface area contributed by atoms with E-state index in [1.54, 1.807) is 0 Å². The molecule has 1 aromatic rings. The van der Waals surface area contributed by atoms with Crippen molar-refractivity contribution in [3.63, 3.8) is 0 Å². The Bertz CT molecular complexity index is 448. The number of ether oxygens (including phenoxy) is 1. The van der Waals surface area contributed by atoms with Gasteiger partial charge in [0.15, 0.2) is 6.61 Å². The van der Waals surface area contributed by atoms with Crippen molar-refractivity contribution < 1.29 is 9.53 Å². The lowest BCUT2D eigenvalue weighted by Crippen LogP contribution is -2.27. The third kappa shape index (κ3) is 4.44. The molecule has 0 heterocycles. The number of hydrogen-bond donors (Lipinski definition) is 2. The standard InChI is InChI=1S/C16H24N2O2/c1-2-12-5-3-6-13(9-12)18-14-7-4-8-15(10-14)20-11-16(17)19/h4,7-8,10,12-13,18H,2-3,5-6,9,11H2,1H3,(H2,17,19). The predicted molar refractivity (Wildman–Crippen MR) is 80.8 cm³/mol. The van der Waals surface area contributed by atoms with Gasteiger partial charge in [-0.05, 0) is 30.9 Å². The first kappa shape index (κ1) is 14.7. The van der Waals surface area contributed by atoms with E-state index in [1.807, 2.05) is 24.3 Å². The summed E-state index contributed by atoms with van der Waals surface area (Å²) in [5.41, 5.74) is 6.13. The summed E-state index contributed by atoms with van der Waals surface area (Å²) in [6.07, 6.45) is 6.39. The molecule has 2 rings (SSSR count). The zero-order valence-corrected chi connectivity index (χ0v) is 12.1. The molecule has 0 aliphatic heterocycles. The van der Waals surface area contributed by atoms with Crippen LogP contribution in [0.4, 0.5) is 5.69 Å². The van der Waals surface area contributed by atoms with Crippen molar-refractivity contribution in [3.8, 4) is 5.75 Å². The number of anilines is 1. The van der Waals surface area contributed by atoms with Crippen LogP contribution in [0.1, 0.15) is 39.0 Å². The van der Waals surface area contributed by atoms with Crippen LogP contribution in [0.2, 0.25) is 0 Å². The van der Waals surface area contributed by atoms with Crippen LogP contribution in [0.3, 0.4) is 0 Å². The molecule has 0 saturated heterocycles. The molecule has 3 N–H and O–H groups in total. The van der Waals surface area contributed by atoms with Gasteiger partial charge in [-0.1, -0.05) is 32.3 Å². The monoisotopic (exact) mass is 276 g/mol. The Hall–Kier alpha value is -1.71. The molecule has 1 amide bonds. The van der Waals surface area contributed by atoms with E-state index in [4.69, 9.17) is 10.5 Å². The van der Waals surface area contributed by atoms with Crippen LogP contribution in [0.5, 0.6) is 5.75 Å². The quantitative estimate of drug-likeness (QED) is 0.839. The van der Waals surface area contributed by atoms with Crippen molar-refractivity contribution in [2.45, 2.75) is 45.1 Å². The highest BCUT2D eigenvalue weighted by molar-refractivity contribution is 5.75. The van der Waals surface area contributed by atoms with Gasteiger partial charge in [-0.3, -0.25) is 4.79 Å². The summed E-state index contributed by atoms with van der Waals surface area (Å²) >= 11 is 0. The highest BCUT2D eigenvalue weighted by Gasteiger charge is 2.20. The van der Waals surface area contributed by atoms with Gasteiger partial charge in [-0.15, -0.1) is 0 Å². The Morgan fingerprint density at radius 1 is 1.45 bits per heavy atom. The zero-order valence-electron chi connectivity index (χ0n) is 12.1. The number of benzene rings is 1. The number of carbonyl (C=O) groups excluding carboxylic acids is 1. The topological polar surface area (TPSA) is 64.3 Å². The average molecular weight is 276 g/mol. The van der Waals surface area contributed by atoms with E-state index in [-0.39, 0.29) is 6.61 Å². The molecule has 4 nitrogen and oxygen atoms in total. The van der Waals surface area contributed by atoms with Gasteiger partial charge in [0.05, 0.1) is 0 Å². The number of primary amides is 1. The lowest BCUT2D eigenvalue weighted by molar-refractivity contribution is -0.119. The highest BCUT2D eigenvalue weighted by atomic mass is 16.5. The predicted octanol–water partition coefficient (Wildman–Crippen LogP) is 2.93. The fourth-order valence-electron chi connectivity index (χ4n) is 2.86. The van der Waals surface area contributed by atoms with Crippen molar-refractivity contribution >= 4 is 11.6 Å². The van der Waals surface area contributed by atoms with Crippen LogP contribution in [0.15, 0.2) is 24.3 Å². The maximum Gasteiger partial charge on any atom is 0.255 e. The van der Waals surface area contributed by atoms with Crippen molar-refractivity contribution in [2.24, 2.45) is 11.7 Å². The molecule has 1 aliphatic carbocycles. The van der Waals surface area contributed by atoms with E-state index < -0.39 is 5.91 Å². The molecule has 110 valence electrons. The minimum absolute atomic E-state index is 0.0786. The summed E-state index contributed by atoms with van der Waals surface area (Å²) in [5.74, 6) is 1.06. The molecule has 2 atom stereocenters. The maximum atomic E-state index is 10.7. The molecule has 1 aromatic carbocycles. The molecule has 0 bridgehead atoms. The fourth-order valence-corrected chi connectivity index (χ4v) is 2.86. The van der Waals surface area contributed by atoms with Crippen LogP contribution in [-0.4, -0.2) is 18.6 Å². The first-order chi connectivity index (χ1) is 9.67. The van der Waals surface area contributed by atoms with Gasteiger partial charge in [-0.2, -0.15) is 0 Å². The second kappa shape index (κ2) is 7.17. The number of hydrogen-bond acceptors (Lipinski definition) is 3. The van der Waals surface area contributed by atoms with E-state index in [2.05, 4.69) is 12.2 Å². The second-order valence-corrected chi connectivity index (χ2v) is 5.56. The van der Waals surface area contributed by atoms with E-state index in [0.29, 0.717) is 11.8 Å². The van der Waals surface area contributed by atoms with E-state index >= 15 is 0 Å². The van der Waals surface area contributed by atoms with E-state index in [1.165, 1.54) is 32.1 Å². The Morgan fingerprint density at radius 3 is 3.05 bits per heavy atom. The minimum atomic E-state index is -0.457. The number of rotatable bonds is 6. The molecule has 20 heavy (non-hydrogen) atoms. The maximum absolute atomic E-state index is 10.7. The lowest BCUT2D eigenvalue weighted by Gasteiger charge is -2.29. The summed E-state index contributed by atoms with van der Waals surface area (Å²) < 4.78 is 5.33. The lowest BCUT2D eigenvalue weighted by atomic mass is 9.84. The summed E-state index contributed by atoms with van der Waals surface area (Å²) in [6, 6.07) is 8.27. The van der Waals surface area contributed by atoms with Crippen molar-refractivity contribution in [2.75, 3.05) is 11.9 Å². The summed E-state index contributed by atoms with van der Waals surface area (Å²) in [7, 11) is 0. The van der Waals surface area contributed by atoms with Crippen LogP contribution in [0, 0.1) is 5.92 Å². The highest BCUT2D eigenvalue weighted by Crippen LogP contribution is 2.29. The van der Waals surface area contributed by atoms with Crippen LogP contribution in [0.25, 0.3) is 0 Å². The van der Waals surface area contributed by atoms with E-state index in [0.717, 1.165) is 11.6 Å². The Morgan fingerprint density at radius 2 is 2.30 bits per heavy atom. The van der Waals surface area contributed by atoms with Crippen molar-refractivity contribution in [3.05, 3.63) is 24.3 Å². The number of nitrogens with two attached hydrogens (primary N) is 1. The molecule has 0 radical (unpaired) electrons. The number of nitrogens with one attached hydrogen (secondary N) is 1. The minimum Gasteiger partial charge on any atom is -0.484 e. The molecule has 0 spiro atoms. The Labute approximate surface area is 120 Å². The van der Waals surface area contributed by atoms with Gasteiger partial charge < -0.3 is 15.8 Å². The van der Waals surface area contributed by atoms with Gasteiger partial charge >= 0.3 is 0 Å². The average Bonchev–Trinajstić information content (AvgIpc) is 2.46. The molecule has 1 aliphatic rings. The molecule has 2 unspecified atom stereocenters. The van der Waals surface area contributed by atoms with Crippen LogP contribution >= 0.6 is 0 Å². The molecule has 0 aromatic heterocycles. The van der Waals surface area contributed by atoms with Gasteiger partial charge in [0.2, 0.25) is 0 Å². The smallest absolute Gasteiger partial charge is 0.255 e. The third-order valence-electron chi connectivity index (χ3n) is 3.95. The van der Waals surface area contributed by atoms with Crippen LogP contribution in [-0.2, 0) is 4.79 Å². The SMILES string of the molecule is CCC1CCCC(Nc2cccc(OCC(N)=O)c2)C1. The fraction of sp³-hybridized carbons (Fsp3) is 0.562. The van der Waals surface area contributed by atoms with E-state index in [9.17, 15) is 4.79 Å². The molecular weight excluding hydrogens is 252 g/mol. The number of carbonyl (C=O) groups is 1. The number of amides is 1.